The monoisotopic (exact) mass is 581 g/mol. The van der Waals surface area contributed by atoms with E-state index in [9.17, 15) is 15.2 Å². The second-order valence-electron chi connectivity index (χ2n) is 10.2. The summed E-state index contributed by atoms with van der Waals surface area (Å²) in [6, 6.07) is 5.26. The summed E-state index contributed by atoms with van der Waals surface area (Å²) in [4.78, 5) is 22.3. The number of nitrogens with zero attached hydrogens (tertiary/aromatic N) is 3. The van der Waals surface area contributed by atoms with Gasteiger partial charge in [-0.05, 0) is 45.8 Å². The van der Waals surface area contributed by atoms with Crippen LogP contribution in [0.3, 0.4) is 0 Å². The molecule has 11 heteroatoms. The molecule has 1 aliphatic rings. The van der Waals surface area contributed by atoms with Crippen LogP contribution in [0, 0.1) is 22.6 Å². The van der Waals surface area contributed by atoms with E-state index in [1.54, 1.807) is 6.07 Å². The third-order valence-electron chi connectivity index (χ3n) is 6.33. The maximum atomic E-state index is 15.5. The fourth-order valence-electron chi connectivity index (χ4n) is 4.75. The van der Waals surface area contributed by atoms with Crippen molar-refractivity contribution in [2.45, 2.75) is 63.1 Å². The molecule has 0 bridgehead atoms. The molecule has 194 valence electrons. The average molecular weight is 583 g/mol. The third kappa shape index (κ3) is 5.87. The van der Waals surface area contributed by atoms with Gasteiger partial charge in [-0.1, -0.05) is 44.5 Å². The van der Waals surface area contributed by atoms with Gasteiger partial charge in [0.05, 0.1) is 34.3 Å². The lowest BCUT2D eigenvalue weighted by atomic mass is 9.65. The Labute approximate surface area is 223 Å². The van der Waals surface area contributed by atoms with Crippen molar-refractivity contribution in [2.24, 2.45) is 5.41 Å². The van der Waals surface area contributed by atoms with Crippen LogP contribution >= 0.6 is 27.5 Å². The normalized spacial score (nSPS) is 24.8. The molecule has 3 rings (SSSR count). The van der Waals surface area contributed by atoms with E-state index in [2.05, 4.69) is 42.6 Å². The highest BCUT2D eigenvalue weighted by Gasteiger charge is 2.62. The quantitative estimate of drug-likeness (QED) is 0.376. The van der Waals surface area contributed by atoms with Gasteiger partial charge in [0.15, 0.2) is 5.82 Å². The van der Waals surface area contributed by atoms with E-state index in [4.69, 9.17) is 16.7 Å². The minimum absolute atomic E-state index is 0.0851. The number of halogens is 3. The molecule has 1 aliphatic heterocycles. The van der Waals surface area contributed by atoms with Crippen molar-refractivity contribution >= 4 is 33.4 Å². The predicted molar refractivity (Wildman–Crippen MR) is 137 cm³/mol. The Hall–Kier alpha value is -2.16. The number of carbonyl (C=O) groups is 1. The third-order valence-corrected chi connectivity index (χ3v) is 7.03. The van der Waals surface area contributed by atoms with E-state index >= 15 is 4.39 Å². The highest BCUT2D eigenvalue weighted by molar-refractivity contribution is 9.10. The number of benzene rings is 1. The number of amides is 1. The average Bonchev–Trinajstić information content (AvgIpc) is 3.14. The van der Waals surface area contributed by atoms with Crippen LogP contribution in [0.5, 0.6) is 0 Å². The second-order valence-corrected chi connectivity index (χ2v) is 11.5. The van der Waals surface area contributed by atoms with Crippen LogP contribution in [0.15, 0.2) is 35.1 Å². The van der Waals surface area contributed by atoms with Gasteiger partial charge in [-0.3, -0.25) is 4.79 Å². The van der Waals surface area contributed by atoms with E-state index in [0.717, 1.165) is 0 Å². The Bertz CT molecular complexity index is 1120. The number of aliphatic hydroxyl groups is 2. The van der Waals surface area contributed by atoms with Crippen LogP contribution in [-0.4, -0.2) is 57.4 Å². The topological polar surface area (TPSA) is 131 Å². The molecule has 1 amide bonds. The van der Waals surface area contributed by atoms with Crippen LogP contribution in [0.4, 0.5) is 4.39 Å². The largest absolute Gasteiger partial charge is 0.394 e. The molecule has 0 spiro atoms. The summed E-state index contributed by atoms with van der Waals surface area (Å²) in [7, 11) is 0. The standard InChI is InChI=1S/C25H30BrClFN5O3/c1-24(2,3)9-18-25(13-29,23-31-10-14(26)11-32-23)19(16-5-4-6-17(27)20(16)28)21(33-18)22(36)30-8-7-15(35)12-34/h4-6,10-11,15,18-19,21,33-35H,7-9,12H2,1-3H3,(H,30,36)/t15-,18-,19-,21+,25-/m0/s1. The fraction of sp³-hybridized carbons (Fsp3) is 0.520. The SMILES string of the molecule is CC(C)(C)C[C@@H]1N[C@@H](C(=O)NCC[C@H](O)CO)[C@H](c2cccc(Cl)c2F)[C@@]1(C#N)c1ncc(Br)cn1. The summed E-state index contributed by atoms with van der Waals surface area (Å²) in [5, 5.41) is 35.4. The first-order valence-corrected chi connectivity index (χ1v) is 12.8. The van der Waals surface area contributed by atoms with Crippen LogP contribution < -0.4 is 10.6 Å². The van der Waals surface area contributed by atoms with Crippen LogP contribution in [0.25, 0.3) is 0 Å². The number of nitrogens with one attached hydrogen (secondary N) is 2. The zero-order valence-corrected chi connectivity index (χ0v) is 22.6. The van der Waals surface area contributed by atoms with Gasteiger partial charge >= 0.3 is 0 Å². The summed E-state index contributed by atoms with van der Waals surface area (Å²) in [6.45, 7) is 5.69. The molecule has 1 fully saturated rings. The lowest BCUT2D eigenvalue weighted by molar-refractivity contribution is -0.123. The first kappa shape index (κ1) is 28.4. The molecule has 1 aromatic carbocycles. The molecule has 5 atom stereocenters. The van der Waals surface area contributed by atoms with Crippen LogP contribution in [-0.2, 0) is 10.2 Å². The molecule has 1 saturated heterocycles. The molecule has 36 heavy (non-hydrogen) atoms. The van der Waals surface area contributed by atoms with E-state index in [1.807, 2.05) is 20.8 Å². The van der Waals surface area contributed by atoms with Gasteiger partial charge in [0.2, 0.25) is 5.91 Å². The lowest BCUT2D eigenvalue weighted by Crippen LogP contribution is -2.46. The first-order chi connectivity index (χ1) is 16.9. The predicted octanol–water partition coefficient (Wildman–Crippen LogP) is 3.21. The zero-order chi connectivity index (χ0) is 26.7. The van der Waals surface area contributed by atoms with E-state index in [-0.39, 0.29) is 34.8 Å². The second kappa shape index (κ2) is 11.5. The number of aromatic nitrogens is 2. The molecule has 0 aliphatic carbocycles. The van der Waals surface area contributed by atoms with Gasteiger partial charge < -0.3 is 20.8 Å². The van der Waals surface area contributed by atoms with Gasteiger partial charge in [0, 0.05) is 30.9 Å². The Morgan fingerprint density at radius 2 is 2.06 bits per heavy atom. The Morgan fingerprint density at radius 3 is 2.64 bits per heavy atom. The molecule has 0 radical (unpaired) electrons. The van der Waals surface area contributed by atoms with Gasteiger partial charge in [-0.15, -0.1) is 0 Å². The van der Waals surface area contributed by atoms with Crippen molar-refractivity contribution in [3.8, 4) is 6.07 Å². The number of aliphatic hydroxyl groups excluding tert-OH is 2. The fourth-order valence-corrected chi connectivity index (χ4v) is 5.14. The summed E-state index contributed by atoms with van der Waals surface area (Å²) >= 11 is 9.45. The summed E-state index contributed by atoms with van der Waals surface area (Å²) in [5.41, 5.74) is -1.66. The van der Waals surface area contributed by atoms with E-state index in [0.29, 0.717) is 10.9 Å². The van der Waals surface area contributed by atoms with Crippen molar-refractivity contribution in [1.82, 2.24) is 20.6 Å². The van der Waals surface area contributed by atoms with Gasteiger partial charge in [0.1, 0.15) is 11.2 Å². The van der Waals surface area contributed by atoms with Crippen molar-refractivity contribution in [2.75, 3.05) is 13.2 Å². The Morgan fingerprint density at radius 1 is 1.39 bits per heavy atom. The Balaban J connectivity index is 2.19. The molecular weight excluding hydrogens is 553 g/mol. The maximum Gasteiger partial charge on any atom is 0.237 e. The maximum absolute atomic E-state index is 15.5. The molecule has 2 heterocycles. The van der Waals surface area contributed by atoms with Gasteiger partial charge in [0.25, 0.3) is 0 Å². The van der Waals surface area contributed by atoms with Crippen molar-refractivity contribution in [3.05, 3.63) is 57.3 Å². The number of hydrogen-bond donors (Lipinski definition) is 4. The molecule has 2 aromatic rings. The number of hydrogen-bond acceptors (Lipinski definition) is 7. The van der Waals surface area contributed by atoms with E-state index < -0.39 is 47.9 Å². The highest BCUT2D eigenvalue weighted by atomic mass is 79.9. The van der Waals surface area contributed by atoms with Gasteiger partial charge in [-0.25, -0.2) is 14.4 Å². The highest BCUT2D eigenvalue weighted by Crippen LogP contribution is 2.51. The van der Waals surface area contributed by atoms with Crippen LogP contribution in [0.2, 0.25) is 5.02 Å². The van der Waals surface area contributed by atoms with Gasteiger partial charge in [-0.2, -0.15) is 5.26 Å². The van der Waals surface area contributed by atoms with E-state index in [1.165, 1.54) is 24.5 Å². The number of nitriles is 1. The molecule has 0 saturated carbocycles. The summed E-state index contributed by atoms with van der Waals surface area (Å²) in [5.74, 6) is -2.03. The molecule has 4 N–H and O–H groups in total. The minimum atomic E-state index is -1.51. The minimum Gasteiger partial charge on any atom is -0.394 e. The first-order valence-electron chi connectivity index (χ1n) is 11.6. The molecule has 0 unspecified atom stereocenters. The summed E-state index contributed by atoms with van der Waals surface area (Å²) in [6.07, 6.45) is 2.66. The smallest absolute Gasteiger partial charge is 0.237 e. The van der Waals surface area contributed by atoms with Crippen molar-refractivity contribution in [3.63, 3.8) is 0 Å². The molecule has 1 aromatic heterocycles. The summed E-state index contributed by atoms with van der Waals surface area (Å²) < 4.78 is 16.1. The van der Waals surface area contributed by atoms with Crippen molar-refractivity contribution in [1.29, 1.82) is 5.26 Å². The molecular formula is C25H30BrClFN5O3. The number of carbonyl (C=O) groups excluding carboxylic acids is 1. The number of rotatable bonds is 8. The lowest BCUT2D eigenvalue weighted by Gasteiger charge is -2.35. The molecule has 8 nitrogen and oxygen atoms in total. The zero-order valence-electron chi connectivity index (χ0n) is 20.3. The van der Waals surface area contributed by atoms with Crippen LogP contribution in [0.1, 0.15) is 50.9 Å². The van der Waals surface area contributed by atoms with Crippen molar-refractivity contribution < 1.29 is 19.4 Å². The Kier molecular flexibility index (Phi) is 9.06.